The number of esters is 1. The number of carbonyl (C=O) groups excluding carboxylic acids is 1. The molecule has 17 heavy (non-hydrogen) atoms. The van der Waals surface area contributed by atoms with Crippen LogP contribution < -0.4 is 10.5 Å². The average Bonchev–Trinajstić information content (AvgIpc) is 2.35. The molecule has 0 fully saturated rings. The predicted molar refractivity (Wildman–Crippen MR) is 66.0 cm³/mol. The Morgan fingerprint density at radius 2 is 2.12 bits per heavy atom. The number of methoxy groups -OCH3 is 1. The minimum Gasteiger partial charge on any atom is -0.491 e. The van der Waals surface area contributed by atoms with E-state index in [9.17, 15) is 4.79 Å². The molecule has 0 aliphatic carbocycles. The van der Waals surface area contributed by atoms with E-state index in [0.717, 1.165) is 5.75 Å². The van der Waals surface area contributed by atoms with E-state index in [0.29, 0.717) is 5.92 Å². The minimum atomic E-state index is -0.747. The van der Waals surface area contributed by atoms with Gasteiger partial charge in [0.2, 0.25) is 0 Å². The van der Waals surface area contributed by atoms with Crippen LogP contribution in [0.25, 0.3) is 0 Å². The van der Waals surface area contributed by atoms with E-state index < -0.39 is 12.0 Å². The highest BCUT2D eigenvalue weighted by Crippen LogP contribution is 2.20. The number of ether oxygens (including phenoxy) is 2. The Morgan fingerprint density at radius 1 is 1.41 bits per heavy atom. The number of benzene rings is 1. The van der Waals surface area contributed by atoms with Gasteiger partial charge >= 0.3 is 5.97 Å². The standard InChI is InChI=1S/C13H19NO3/c1-9(2)10-5-4-6-11(7-10)17-8-12(14)13(15)16-3/h4-7,9,12H,8,14H2,1-3H3. The summed E-state index contributed by atoms with van der Waals surface area (Å²) in [5.41, 5.74) is 6.76. The molecule has 0 radical (unpaired) electrons. The Labute approximate surface area is 102 Å². The third kappa shape index (κ3) is 4.07. The van der Waals surface area contributed by atoms with E-state index in [-0.39, 0.29) is 6.61 Å². The maximum absolute atomic E-state index is 11.1. The van der Waals surface area contributed by atoms with Gasteiger partial charge in [-0.05, 0) is 23.6 Å². The number of carbonyl (C=O) groups is 1. The van der Waals surface area contributed by atoms with Crippen molar-refractivity contribution in [1.29, 1.82) is 0 Å². The zero-order chi connectivity index (χ0) is 12.8. The molecule has 4 nitrogen and oxygen atoms in total. The summed E-state index contributed by atoms with van der Waals surface area (Å²) in [6.07, 6.45) is 0. The van der Waals surface area contributed by atoms with Gasteiger partial charge < -0.3 is 15.2 Å². The van der Waals surface area contributed by atoms with E-state index in [4.69, 9.17) is 10.5 Å². The summed E-state index contributed by atoms with van der Waals surface area (Å²) < 4.78 is 9.97. The lowest BCUT2D eigenvalue weighted by Crippen LogP contribution is -2.37. The van der Waals surface area contributed by atoms with E-state index >= 15 is 0 Å². The second-order valence-electron chi connectivity index (χ2n) is 4.17. The Hall–Kier alpha value is -1.55. The lowest BCUT2D eigenvalue weighted by atomic mass is 10.0. The number of rotatable bonds is 5. The largest absolute Gasteiger partial charge is 0.491 e. The van der Waals surface area contributed by atoms with Crippen molar-refractivity contribution in [3.05, 3.63) is 29.8 Å². The topological polar surface area (TPSA) is 61.5 Å². The molecule has 1 unspecified atom stereocenters. The molecule has 0 bridgehead atoms. The van der Waals surface area contributed by atoms with Crippen LogP contribution >= 0.6 is 0 Å². The minimum absolute atomic E-state index is 0.119. The molecule has 4 heteroatoms. The predicted octanol–water partition coefficient (Wildman–Crippen LogP) is 1.69. The van der Waals surface area contributed by atoms with E-state index in [1.165, 1.54) is 12.7 Å². The van der Waals surface area contributed by atoms with Crippen molar-refractivity contribution in [2.24, 2.45) is 5.73 Å². The number of hydrogen-bond acceptors (Lipinski definition) is 4. The highest BCUT2D eigenvalue weighted by molar-refractivity contribution is 5.75. The van der Waals surface area contributed by atoms with Gasteiger partial charge in [-0.15, -0.1) is 0 Å². The van der Waals surface area contributed by atoms with Crippen LogP contribution in [-0.2, 0) is 9.53 Å². The van der Waals surface area contributed by atoms with E-state index in [1.54, 1.807) is 0 Å². The van der Waals surface area contributed by atoms with Crippen molar-refractivity contribution >= 4 is 5.97 Å². The summed E-state index contributed by atoms with van der Waals surface area (Å²) in [4.78, 5) is 11.1. The smallest absolute Gasteiger partial charge is 0.326 e. The van der Waals surface area contributed by atoms with Gasteiger partial charge in [0.1, 0.15) is 18.4 Å². The molecule has 1 rings (SSSR count). The van der Waals surface area contributed by atoms with Crippen molar-refractivity contribution in [1.82, 2.24) is 0 Å². The van der Waals surface area contributed by atoms with Crippen LogP contribution in [-0.4, -0.2) is 25.7 Å². The van der Waals surface area contributed by atoms with Gasteiger partial charge in [-0.25, -0.2) is 0 Å². The highest BCUT2D eigenvalue weighted by Gasteiger charge is 2.14. The molecular formula is C13H19NO3. The number of nitrogens with two attached hydrogens (primary N) is 1. The van der Waals surface area contributed by atoms with Gasteiger partial charge in [-0.3, -0.25) is 4.79 Å². The first-order valence-corrected chi connectivity index (χ1v) is 5.60. The van der Waals surface area contributed by atoms with Gasteiger partial charge in [-0.1, -0.05) is 26.0 Å². The van der Waals surface area contributed by atoms with Gasteiger partial charge in [0.15, 0.2) is 0 Å². The fraction of sp³-hybridized carbons (Fsp3) is 0.462. The van der Waals surface area contributed by atoms with Gasteiger partial charge in [0.05, 0.1) is 7.11 Å². The third-order valence-electron chi connectivity index (χ3n) is 2.46. The zero-order valence-electron chi connectivity index (χ0n) is 10.5. The van der Waals surface area contributed by atoms with Crippen molar-refractivity contribution < 1.29 is 14.3 Å². The van der Waals surface area contributed by atoms with Crippen LogP contribution in [0.15, 0.2) is 24.3 Å². The molecule has 2 N–H and O–H groups in total. The highest BCUT2D eigenvalue weighted by atomic mass is 16.5. The van der Waals surface area contributed by atoms with Crippen LogP contribution in [0, 0.1) is 0 Å². The molecule has 0 aliphatic rings. The molecule has 1 aromatic carbocycles. The second kappa shape index (κ2) is 6.25. The van der Waals surface area contributed by atoms with E-state index in [1.807, 2.05) is 24.3 Å². The molecule has 1 atom stereocenters. The van der Waals surface area contributed by atoms with E-state index in [2.05, 4.69) is 18.6 Å². The molecule has 0 saturated heterocycles. The van der Waals surface area contributed by atoms with Crippen LogP contribution in [0.1, 0.15) is 25.3 Å². The molecule has 0 aliphatic heterocycles. The first-order chi connectivity index (χ1) is 8.04. The van der Waals surface area contributed by atoms with Crippen molar-refractivity contribution in [3.8, 4) is 5.75 Å². The summed E-state index contributed by atoms with van der Waals surface area (Å²) in [6, 6.07) is 7.01. The maximum Gasteiger partial charge on any atom is 0.326 e. The van der Waals surface area contributed by atoms with Crippen molar-refractivity contribution in [2.45, 2.75) is 25.8 Å². The Balaban J connectivity index is 2.57. The average molecular weight is 237 g/mol. The maximum atomic E-state index is 11.1. The van der Waals surface area contributed by atoms with Crippen molar-refractivity contribution in [3.63, 3.8) is 0 Å². The molecule has 0 amide bonds. The SMILES string of the molecule is COC(=O)C(N)COc1cccc(C(C)C)c1. The molecule has 0 saturated carbocycles. The Kier molecular flexibility index (Phi) is 4.97. The normalized spacial score (nSPS) is 12.3. The fourth-order valence-electron chi connectivity index (χ4n) is 1.37. The lowest BCUT2D eigenvalue weighted by molar-refractivity contribution is -0.142. The van der Waals surface area contributed by atoms with Crippen LogP contribution in [0.5, 0.6) is 5.75 Å². The van der Waals surface area contributed by atoms with Crippen molar-refractivity contribution in [2.75, 3.05) is 13.7 Å². The first-order valence-electron chi connectivity index (χ1n) is 5.60. The van der Waals surface area contributed by atoms with Gasteiger partial charge in [0, 0.05) is 0 Å². The van der Waals surface area contributed by atoms with Gasteiger partial charge in [-0.2, -0.15) is 0 Å². The Bertz CT molecular complexity index is 377. The summed E-state index contributed by atoms with van der Waals surface area (Å²) >= 11 is 0. The van der Waals surface area contributed by atoms with Crippen LogP contribution in [0.3, 0.4) is 0 Å². The Morgan fingerprint density at radius 3 is 2.71 bits per heavy atom. The zero-order valence-corrected chi connectivity index (χ0v) is 10.5. The quantitative estimate of drug-likeness (QED) is 0.792. The summed E-state index contributed by atoms with van der Waals surface area (Å²) in [6.45, 7) is 4.34. The summed E-state index contributed by atoms with van der Waals surface area (Å²) in [5.74, 6) is 0.688. The summed E-state index contributed by atoms with van der Waals surface area (Å²) in [7, 11) is 1.31. The third-order valence-corrected chi connectivity index (χ3v) is 2.46. The second-order valence-corrected chi connectivity index (χ2v) is 4.17. The number of hydrogen-bond donors (Lipinski definition) is 1. The molecule has 0 spiro atoms. The molecule has 94 valence electrons. The van der Waals surface area contributed by atoms with Crippen LogP contribution in [0.4, 0.5) is 0 Å². The van der Waals surface area contributed by atoms with Crippen LogP contribution in [0.2, 0.25) is 0 Å². The molecule has 0 aromatic heterocycles. The van der Waals surface area contributed by atoms with Gasteiger partial charge in [0.25, 0.3) is 0 Å². The first kappa shape index (κ1) is 13.5. The fourth-order valence-corrected chi connectivity index (χ4v) is 1.37. The monoisotopic (exact) mass is 237 g/mol. The molecular weight excluding hydrogens is 218 g/mol. The molecule has 1 aromatic rings. The lowest BCUT2D eigenvalue weighted by Gasteiger charge is -2.12. The molecule has 0 heterocycles. The summed E-state index contributed by atoms with van der Waals surface area (Å²) in [5, 5.41) is 0.